The van der Waals surface area contributed by atoms with Crippen LogP contribution in [0, 0.1) is 0 Å². The van der Waals surface area contributed by atoms with Crippen molar-refractivity contribution in [3.63, 3.8) is 0 Å². The summed E-state index contributed by atoms with van der Waals surface area (Å²) in [4.78, 5) is 11.6. The summed E-state index contributed by atoms with van der Waals surface area (Å²) >= 11 is 0. The Labute approximate surface area is 125 Å². The number of hydrogen-bond acceptors (Lipinski definition) is 2. The Balaban J connectivity index is 1.53. The molecule has 0 radical (unpaired) electrons. The van der Waals surface area contributed by atoms with Gasteiger partial charge < -0.3 is 15.4 Å². The molecule has 2 aromatic carbocycles. The second kappa shape index (κ2) is 8.76. The van der Waals surface area contributed by atoms with Gasteiger partial charge in [-0.25, -0.2) is 4.79 Å². The predicted octanol–water partition coefficient (Wildman–Crippen LogP) is 2.70. The molecule has 110 valence electrons. The van der Waals surface area contributed by atoms with Crippen molar-refractivity contribution in [3.05, 3.63) is 71.8 Å². The molecule has 0 aliphatic rings. The van der Waals surface area contributed by atoms with Crippen LogP contribution in [0.15, 0.2) is 60.7 Å². The minimum Gasteiger partial charge on any atom is -0.375 e. The van der Waals surface area contributed by atoms with Gasteiger partial charge in [0, 0.05) is 13.1 Å². The highest BCUT2D eigenvalue weighted by molar-refractivity contribution is 5.73. The van der Waals surface area contributed by atoms with Gasteiger partial charge in [0.2, 0.25) is 0 Å². The van der Waals surface area contributed by atoms with Gasteiger partial charge in [0.25, 0.3) is 0 Å². The largest absolute Gasteiger partial charge is 0.375 e. The van der Waals surface area contributed by atoms with Gasteiger partial charge in [-0.1, -0.05) is 60.7 Å². The lowest BCUT2D eigenvalue weighted by Crippen LogP contribution is -2.36. The molecule has 4 nitrogen and oxygen atoms in total. The molecule has 4 heteroatoms. The van der Waals surface area contributed by atoms with E-state index in [9.17, 15) is 4.79 Å². The summed E-state index contributed by atoms with van der Waals surface area (Å²) in [5, 5.41) is 5.57. The number of benzene rings is 2. The van der Waals surface area contributed by atoms with Crippen molar-refractivity contribution in [2.45, 2.75) is 13.2 Å². The first kappa shape index (κ1) is 15.1. The van der Waals surface area contributed by atoms with Gasteiger partial charge in [-0.3, -0.25) is 0 Å². The zero-order chi connectivity index (χ0) is 14.8. The van der Waals surface area contributed by atoms with Crippen LogP contribution in [0.5, 0.6) is 0 Å². The summed E-state index contributed by atoms with van der Waals surface area (Å²) in [6.45, 7) is 2.08. The number of rotatable bonds is 7. The Morgan fingerprint density at radius 1 is 0.857 bits per heavy atom. The van der Waals surface area contributed by atoms with Gasteiger partial charge >= 0.3 is 6.03 Å². The fourth-order valence-electron chi connectivity index (χ4n) is 1.84. The van der Waals surface area contributed by atoms with E-state index in [0.29, 0.717) is 26.3 Å². The summed E-state index contributed by atoms with van der Waals surface area (Å²) in [7, 11) is 0. The van der Waals surface area contributed by atoms with Crippen LogP contribution in [-0.4, -0.2) is 19.2 Å². The summed E-state index contributed by atoms with van der Waals surface area (Å²) in [5.74, 6) is 0. The van der Waals surface area contributed by atoms with Crippen LogP contribution in [0.2, 0.25) is 0 Å². The lowest BCUT2D eigenvalue weighted by atomic mass is 10.2. The Kier molecular flexibility index (Phi) is 6.29. The first-order valence-corrected chi connectivity index (χ1v) is 7.02. The molecule has 0 aliphatic carbocycles. The Morgan fingerprint density at radius 3 is 2.14 bits per heavy atom. The standard InChI is InChI=1S/C17H20N2O2/c20-17(19-13-15-7-3-1-4-8-15)18-11-12-21-14-16-9-5-2-6-10-16/h1-10H,11-14H2,(H2,18,19,20). The molecule has 0 unspecified atom stereocenters. The monoisotopic (exact) mass is 284 g/mol. The number of carbonyl (C=O) groups excluding carboxylic acids is 1. The Morgan fingerprint density at radius 2 is 1.48 bits per heavy atom. The van der Waals surface area contributed by atoms with E-state index in [-0.39, 0.29) is 6.03 Å². The fourth-order valence-corrected chi connectivity index (χ4v) is 1.84. The molecule has 0 saturated heterocycles. The first-order valence-electron chi connectivity index (χ1n) is 7.02. The third kappa shape index (κ3) is 6.10. The van der Waals surface area contributed by atoms with Gasteiger partial charge in [-0.05, 0) is 11.1 Å². The van der Waals surface area contributed by atoms with Gasteiger partial charge in [0.1, 0.15) is 0 Å². The minimum atomic E-state index is -0.179. The highest BCUT2D eigenvalue weighted by atomic mass is 16.5. The van der Waals surface area contributed by atoms with Crippen LogP contribution in [0.1, 0.15) is 11.1 Å². The second-order valence-corrected chi connectivity index (χ2v) is 4.63. The Bertz CT molecular complexity index is 529. The van der Waals surface area contributed by atoms with E-state index in [1.54, 1.807) is 0 Å². The number of urea groups is 1. The lowest BCUT2D eigenvalue weighted by Gasteiger charge is -2.08. The van der Waals surface area contributed by atoms with Crippen molar-refractivity contribution in [3.8, 4) is 0 Å². The molecule has 2 aromatic rings. The van der Waals surface area contributed by atoms with Crippen LogP contribution in [0.25, 0.3) is 0 Å². The molecule has 0 spiro atoms. The molecule has 0 heterocycles. The van der Waals surface area contributed by atoms with E-state index >= 15 is 0 Å². The quantitative estimate of drug-likeness (QED) is 0.768. The maximum Gasteiger partial charge on any atom is 0.315 e. The molecule has 2 rings (SSSR count). The zero-order valence-electron chi connectivity index (χ0n) is 11.9. The highest BCUT2D eigenvalue weighted by Gasteiger charge is 1.99. The molecule has 0 atom stereocenters. The average molecular weight is 284 g/mol. The van der Waals surface area contributed by atoms with Crippen molar-refractivity contribution in [1.29, 1.82) is 0 Å². The second-order valence-electron chi connectivity index (χ2n) is 4.63. The van der Waals surface area contributed by atoms with E-state index in [1.807, 2.05) is 60.7 Å². The highest BCUT2D eigenvalue weighted by Crippen LogP contribution is 1.99. The third-order valence-corrected chi connectivity index (χ3v) is 2.94. The molecule has 0 aromatic heterocycles. The fraction of sp³-hybridized carbons (Fsp3) is 0.235. The van der Waals surface area contributed by atoms with Crippen LogP contribution in [0.3, 0.4) is 0 Å². The number of carbonyl (C=O) groups is 1. The normalized spacial score (nSPS) is 10.1. The molecule has 21 heavy (non-hydrogen) atoms. The molecular weight excluding hydrogens is 264 g/mol. The van der Waals surface area contributed by atoms with Gasteiger partial charge in [-0.15, -0.1) is 0 Å². The average Bonchev–Trinajstić information content (AvgIpc) is 2.54. The number of ether oxygens (including phenoxy) is 1. The van der Waals surface area contributed by atoms with Crippen LogP contribution >= 0.6 is 0 Å². The molecule has 2 N–H and O–H groups in total. The van der Waals surface area contributed by atoms with Crippen molar-refractivity contribution >= 4 is 6.03 Å². The summed E-state index contributed by atoms with van der Waals surface area (Å²) < 4.78 is 5.49. The lowest BCUT2D eigenvalue weighted by molar-refractivity contribution is 0.123. The summed E-state index contributed by atoms with van der Waals surface area (Å²) in [6, 6.07) is 19.6. The van der Waals surface area contributed by atoms with Gasteiger partial charge in [0.15, 0.2) is 0 Å². The van der Waals surface area contributed by atoms with Crippen molar-refractivity contribution in [1.82, 2.24) is 10.6 Å². The topological polar surface area (TPSA) is 50.4 Å². The number of hydrogen-bond donors (Lipinski definition) is 2. The molecule has 2 amide bonds. The van der Waals surface area contributed by atoms with E-state index < -0.39 is 0 Å². The predicted molar refractivity (Wildman–Crippen MR) is 82.8 cm³/mol. The smallest absolute Gasteiger partial charge is 0.315 e. The first-order chi connectivity index (χ1) is 10.3. The molecule has 0 saturated carbocycles. The summed E-state index contributed by atoms with van der Waals surface area (Å²) in [5.41, 5.74) is 2.21. The van der Waals surface area contributed by atoms with Crippen LogP contribution < -0.4 is 10.6 Å². The zero-order valence-corrected chi connectivity index (χ0v) is 11.9. The van der Waals surface area contributed by atoms with E-state index in [4.69, 9.17) is 4.74 Å². The van der Waals surface area contributed by atoms with E-state index in [0.717, 1.165) is 11.1 Å². The number of amides is 2. The van der Waals surface area contributed by atoms with Gasteiger partial charge in [-0.2, -0.15) is 0 Å². The molecule has 0 bridgehead atoms. The van der Waals surface area contributed by atoms with Crippen molar-refractivity contribution in [2.75, 3.05) is 13.2 Å². The van der Waals surface area contributed by atoms with Crippen molar-refractivity contribution in [2.24, 2.45) is 0 Å². The third-order valence-electron chi connectivity index (χ3n) is 2.94. The van der Waals surface area contributed by atoms with E-state index in [2.05, 4.69) is 10.6 Å². The van der Waals surface area contributed by atoms with Crippen molar-refractivity contribution < 1.29 is 9.53 Å². The maximum atomic E-state index is 11.6. The minimum absolute atomic E-state index is 0.179. The summed E-state index contributed by atoms with van der Waals surface area (Å²) in [6.07, 6.45) is 0. The molecule has 0 fully saturated rings. The Hall–Kier alpha value is -2.33. The molecular formula is C17H20N2O2. The van der Waals surface area contributed by atoms with E-state index in [1.165, 1.54) is 0 Å². The number of nitrogens with one attached hydrogen (secondary N) is 2. The maximum absolute atomic E-state index is 11.6. The van der Waals surface area contributed by atoms with Crippen LogP contribution in [-0.2, 0) is 17.9 Å². The SMILES string of the molecule is O=C(NCCOCc1ccccc1)NCc1ccccc1. The molecule has 0 aliphatic heterocycles. The van der Waals surface area contributed by atoms with Crippen LogP contribution in [0.4, 0.5) is 4.79 Å². The van der Waals surface area contributed by atoms with Gasteiger partial charge in [0.05, 0.1) is 13.2 Å².